The van der Waals surface area contributed by atoms with Crippen LogP contribution in [0.1, 0.15) is 0 Å². The van der Waals surface area contributed by atoms with E-state index in [0.29, 0.717) is 17.2 Å². The van der Waals surface area contributed by atoms with Crippen LogP contribution in [-0.4, -0.2) is 67.1 Å². The molecule has 0 N–H and O–H groups in total. The first-order chi connectivity index (χ1) is 72.4. The number of fused-ring (bicyclic) bond motifs is 21. The summed E-state index contributed by atoms with van der Waals surface area (Å²) in [5.41, 5.74) is 26.4. The number of aromatic nitrogens is 14. The molecule has 23 heteroatoms. The van der Waals surface area contributed by atoms with Gasteiger partial charge >= 0.3 is 63.2 Å². The van der Waals surface area contributed by atoms with Crippen molar-refractivity contribution in [3.8, 4) is 91.4 Å². The molecule has 3 aliphatic heterocycles. The van der Waals surface area contributed by atoms with Gasteiger partial charge in [-0.3, -0.25) is 14.0 Å². The fraction of sp³-hybridized carbons (Fsp3) is 0. The zero-order valence-corrected chi connectivity index (χ0v) is 85.4. The number of rotatable bonds is 12. The molecular weight excluding hydrogens is 2380 g/mol. The van der Waals surface area contributed by atoms with E-state index in [9.17, 15) is 0 Å². The van der Waals surface area contributed by atoms with Crippen molar-refractivity contribution in [1.29, 1.82) is 0 Å². The topological polar surface area (TPSA) is 154 Å². The van der Waals surface area contributed by atoms with E-state index in [1.807, 2.05) is 209 Å². The van der Waals surface area contributed by atoms with Crippen molar-refractivity contribution in [2.45, 2.75) is 0 Å². The molecule has 0 unspecified atom stereocenters. The third kappa shape index (κ3) is 15.2. The average molecular weight is 2460 g/mol. The van der Waals surface area contributed by atoms with Crippen LogP contribution in [0.5, 0.6) is 34.5 Å². The minimum atomic E-state index is 0. The zero-order valence-electron chi connectivity index (χ0n) is 78.6. The molecule has 0 bridgehead atoms. The first-order valence-corrected chi connectivity index (χ1v) is 48.1. The molecule has 0 atom stereocenters. The van der Waals surface area contributed by atoms with Crippen LogP contribution in [0.4, 0.5) is 51.2 Å². The van der Waals surface area contributed by atoms with E-state index in [1.54, 1.807) is 6.20 Å². The second-order valence-electron chi connectivity index (χ2n) is 35.9. The first kappa shape index (κ1) is 90.7. The molecule has 0 saturated carbocycles. The molecular formula is C126H75N17O3Pt3. The first-order valence-electron chi connectivity index (χ1n) is 48.1. The fourth-order valence-corrected chi connectivity index (χ4v) is 21.2. The number of ether oxygens (including phenoxy) is 3. The van der Waals surface area contributed by atoms with Gasteiger partial charge in [0, 0.05) is 84.4 Å². The second kappa shape index (κ2) is 37.4. The number of nitrogens with zero attached hydrogens (tertiary/aromatic N) is 17. The van der Waals surface area contributed by atoms with Crippen LogP contribution >= 0.6 is 0 Å². The molecule has 0 spiro atoms. The minimum Gasteiger partial charge on any atom is -0.513 e. The van der Waals surface area contributed by atoms with Crippen LogP contribution in [0.25, 0.3) is 166 Å². The smallest absolute Gasteiger partial charge is 0.513 e. The van der Waals surface area contributed by atoms with Gasteiger partial charge < -0.3 is 56.7 Å². The Bertz CT molecular complexity index is 9910. The second-order valence-corrected chi connectivity index (χ2v) is 35.9. The summed E-state index contributed by atoms with van der Waals surface area (Å²) < 4.78 is 36.1. The molecule has 14 heterocycles. The van der Waals surface area contributed by atoms with Gasteiger partial charge in [-0.15, -0.1) is 120 Å². The molecule has 20 nitrogen and oxygen atoms in total. The van der Waals surface area contributed by atoms with Crippen molar-refractivity contribution in [2.24, 2.45) is 0 Å². The van der Waals surface area contributed by atoms with Gasteiger partial charge in [0.25, 0.3) is 0 Å². The predicted octanol–water partition coefficient (Wildman–Crippen LogP) is 30.5. The van der Waals surface area contributed by atoms with Crippen LogP contribution in [0.2, 0.25) is 0 Å². The summed E-state index contributed by atoms with van der Waals surface area (Å²) in [5.74, 6) is 5.24. The zero-order chi connectivity index (χ0) is 96.0. The van der Waals surface area contributed by atoms with E-state index >= 15 is 0 Å². The summed E-state index contributed by atoms with van der Waals surface area (Å²) in [7, 11) is 0. The minimum absolute atomic E-state index is 0. The van der Waals surface area contributed by atoms with Gasteiger partial charge in [-0.25, -0.2) is 9.97 Å². The molecule has 17 aromatic carbocycles. The molecule has 712 valence electrons. The molecule has 28 aromatic rings. The fourth-order valence-electron chi connectivity index (χ4n) is 21.2. The van der Waals surface area contributed by atoms with Crippen molar-refractivity contribution in [3.63, 3.8) is 0 Å². The van der Waals surface area contributed by atoms with Gasteiger partial charge in [-0.05, 0) is 166 Å². The maximum atomic E-state index is 6.47. The van der Waals surface area contributed by atoms with E-state index in [1.165, 1.54) is 32.3 Å². The van der Waals surface area contributed by atoms with Gasteiger partial charge in [-0.1, -0.05) is 223 Å². The van der Waals surface area contributed by atoms with Gasteiger partial charge in [0.2, 0.25) is 0 Å². The van der Waals surface area contributed by atoms with Gasteiger partial charge in [0.1, 0.15) is 28.7 Å². The van der Waals surface area contributed by atoms with Gasteiger partial charge in [0.15, 0.2) is 0 Å². The van der Waals surface area contributed by atoms with Gasteiger partial charge in [0.05, 0.1) is 110 Å². The summed E-state index contributed by atoms with van der Waals surface area (Å²) in [6.45, 7) is 0. The molecule has 3 aliphatic rings. The SMILES string of the molecule is [Pt+2].[Pt+2].[Pt+2].[c-]1c(-c2ccccn2)cccc1N1c2[c-]c(-n3cc(-n4c5ccccc5c5ccccc54)cn3)ccc2Oc2ccccc21.[c-]1c(-n2cc(-n3c4ccccc4c4ccccc43)cn2)ccc2c1N(c1[c-]c3c(cc1)c1ccccc1n3-c1ccccn1)c1ccccc1O2.[c-]1c(N2c3[c-]c(-n4cc(-n5c6ccccc6c6ccccc65)cn4)ccc3Oc3ccccc32)cccc1-n1c2ccccc2c2cccnc21. The number of hydrogen-bond donors (Lipinski definition) is 0. The van der Waals surface area contributed by atoms with E-state index in [0.717, 1.165) is 202 Å². The molecule has 0 amide bonds. The van der Waals surface area contributed by atoms with Crippen molar-refractivity contribution >= 4 is 160 Å². The standard InChI is InChI=1S/2C44H26N6O.C38H23N5O.3Pt/c1-4-17-37-33(13-1)34-14-2-5-18-38(34)49(37)32-27-46-47(28-32)29-22-23-43-41(26-29)48(40-20-7-8-21-42(40)51-43)30-11-9-12-31(25-30)50-39-19-6-3-15-35(39)36-16-10-24-45-44(36)50;1-4-14-36-32(11-1)33-12-2-5-15-37(33)49(36)31-27-46-47(28-31)29-21-23-43-41(25-29)48(39-17-7-8-18-42(39)51-43)30-20-22-35-34-13-3-6-16-38(34)50(40(35)26-30)44-19-9-10-24-45-44;1-3-15-33-30(12-1)31-13-2-4-16-34(31)43(33)29-24-40-41(25-29)27-19-20-38-36(23-27)42(35-17-5-6-18-37(35)44-38)28-11-9-10-26(22-28)32-14-7-8-21-39-32;;;/h2*1-24,27-28H;1-21,24-25H;;;/q3*-2;3*+2. The maximum absolute atomic E-state index is 6.47. The van der Waals surface area contributed by atoms with E-state index in [4.69, 9.17) is 39.5 Å². The molecule has 0 radical (unpaired) electrons. The number of anilines is 9. The van der Waals surface area contributed by atoms with E-state index in [-0.39, 0.29) is 63.2 Å². The Labute approximate surface area is 896 Å². The van der Waals surface area contributed by atoms with Gasteiger partial charge in [-0.2, -0.15) is 27.4 Å². The predicted molar refractivity (Wildman–Crippen MR) is 578 cm³/mol. The Kier molecular flexibility index (Phi) is 22.8. The van der Waals surface area contributed by atoms with Crippen LogP contribution in [0.3, 0.4) is 0 Å². The van der Waals surface area contributed by atoms with Crippen molar-refractivity contribution in [2.75, 3.05) is 14.7 Å². The molecule has 11 aromatic heterocycles. The average Bonchev–Trinajstić information content (AvgIpc) is 1.50. The molecule has 0 aliphatic carbocycles. The third-order valence-corrected chi connectivity index (χ3v) is 27.6. The molecule has 0 saturated heterocycles. The van der Waals surface area contributed by atoms with E-state index < -0.39 is 0 Å². The van der Waals surface area contributed by atoms with Crippen LogP contribution in [0.15, 0.2) is 456 Å². The summed E-state index contributed by atoms with van der Waals surface area (Å²) in [5, 5.41) is 26.3. The van der Waals surface area contributed by atoms with Crippen molar-refractivity contribution in [1.82, 2.24) is 67.1 Å². The van der Waals surface area contributed by atoms with Crippen molar-refractivity contribution < 1.29 is 77.4 Å². The Morgan fingerprint density at radius 3 is 0.953 bits per heavy atom. The van der Waals surface area contributed by atoms with Crippen LogP contribution < -0.4 is 28.9 Å². The van der Waals surface area contributed by atoms with E-state index in [2.05, 4.69) is 334 Å². The summed E-state index contributed by atoms with van der Waals surface area (Å²) in [6, 6.07) is 159. The number of benzene rings is 17. The number of hydrogen-bond acceptors (Lipinski definition) is 12. The summed E-state index contributed by atoms with van der Waals surface area (Å²) in [6.07, 6.45) is 17.4. The van der Waals surface area contributed by atoms with Crippen LogP contribution in [0, 0.1) is 36.4 Å². The number of para-hydroxylation sites is 14. The maximum Gasteiger partial charge on any atom is 2.00 e. The number of pyridine rings is 3. The third-order valence-electron chi connectivity index (χ3n) is 27.6. The Morgan fingerprint density at radius 2 is 0.537 bits per heavy atom. The summed E-state index contributed by atoms with van der Waals surface area (Å²) >= 11 is 0. The largest absolute Gasteiger partial charge is 2.00 e. The molecule has 31 rings (SSSR count). The Morgan fingerprint density at radius 1 is 0.208 bits per heavy atom. The quantitative estimate of drug-likeness (QED) is 0.107. The van der Waals surface area contributed by atoms with Crippen molar-refractivity contribution in [3.05, 3.63) is 493 Å². The van der Waals surface area contributed by atoms with Crippen LogP contribution in [-0.2, 0) is 63.2 Å². The Balaban J connectivity index is 0.000000112. The molecule has 0 fully saturated rings. The Hall–Kier alpha value is -18.3. The summed E-state index contributed by atoms with van der Waals surface area (Å²) in [4.78, 5) is 20.6. The monoisotopic (exact) mass is 2460 g/mol. The molecule has 149 heavy (non-hydrogen) atoms. The normalized spacial score (nSPS) is 12.1.